The number of hydrogen-bond acceptors (Lipinski definition) is 5. The summed E-state index contributed by atoms with van der Waals surface area (Å²) < 4.78 is 0. The van der Waals surface area contributed by atoms with E-state index in [1.165, 1.54) is 11.4 Å². The van der Waals surface area contributed by atoms with Gasteiger partial charge in [-0.3, -0.25) is 4.79 Å². The molecule has 0 saturated carbocycles. The number of amides is 1. The Bertz CT molecular complexity index is 666. The number of para-hydroxylation sites is 1. The van der Waals surface area contributed by atoms with Crippen LogP contribution in [0.5, 0.6) is 5.75 Å². The molecule has 0 unspecified atom stereocenters. The summed E-state index contributed by atoms with van der Waals surface area (Å²) in [6.07, 6.45) is 0. The minimum Gasteiger partial charge on any atom is -0.507 e. The van der Waals surface area contributed by atoms with Crippen LogP contribution in [0, 0.1) is 6.92 Å². The number of aromatic hydroxyl groups is 1. The number of hydrogen-bond donors (Lipinski definition) is 3. The Hall–Kier alpha value is -2.41. The van der Waals surface area contributed by atoms with Gasteiger partial charge in [-0.05, 0) is 18.6 Å². The molecule has 6 nitrogen and oxygen atoms in total. The number of thiazole rings is 1. The van der Waals surface area contributed by atoms with Crippen molar-refractivity contribution in [3.8, 4) is 5.75 Å². The third-order valence-corrected chi connectivity index (χ3v) is 3.50. The third-order valence-electron chi connectivity index (χ3n) is 2.65. The Morgan fingerprint density at radius 3 is 2.80 bits per heavy atom. The minimum absolute atomic E-state index is 0.0438. The van der Waals surface area contributed by atoms with Crippen LogP contribution in [-0.4, -0.2) is 27.1 Å². The van der Waals surface area contributed by atoms with Crippen molar-refractivity contribution in [3.63, 3.8) is 0 Å². The number of benzene rings is 1. The van der Waals surface area contributed by atoms with E-state index in [2.05, 4.69) is 10.3 Å². The standard InChI is InChI=1S/C13H12N2O4S/c1-7-3-2-4-8(11(7)16)12(17)14-5-10-15-9(6-20-10)13(18)19/h2-4,6,16H,5H2,1H3,(H,14,17)(H,18,19). The highest BCUT2D eigenvalue weighted by molar-refractivity contribution is 7.09. The molecule has 0 spiro atoms. The number of phenols is 1. The molecular weight excluding hydrogens is 280 g/mol. The lowest BCUT2D eigenvalue weighted by Gasteiger charge is -2.07. The van der Waals surface area contributed by atoms with Crippen LogP contribution in [0.2, 0.25) is 0 Å². The largest absolute Gasteiger partial charge is 0.507 e. The van der Waals surface area contributed by atoms with E-state index in [1.807, 2.05) is 0 Å². The monoisotopic (exact) mass is 292 g/mol. The van der Waals surface area contributed by atoms with Gasteiger partial charge in [0, 0.05) is 5.38 Å². The smallest absolute Gasteiger partial charge is 0.355 e. The first kappa shape index (κ1) is 14.0. The lowest BCUT2D eigenvalue weighted by Crippen LogP contribution is -2.23. The van der Waals surface area contributed by atoms with Gasteiger partial charge < -0.3 is 15.5 Å². The topological polar surface area (TPSA) is 99.5 Å². The van der Waals surface area contributed by atoms with Crippen molar-refractivity contribution < 1.29 is 19.8 Å². The van der Waals surface area contributed by atoms with Gasteiger partial charge in [0.15, 0.2) is 5.69 Å². The van der Waals surface area contributed by atoms with Crippen molar-refractivity contribution >= 4 is 23.2 Å². The Morgan fingerprint density at radius 1 is 1.40 bits per heavy atom. The van der Waals surface area contributed by atoms with Gasteiger partial charge in [0.05, 0.1) is 12.1 Å². The second-order valence-electron chi connectivity index (χ2n) is 4.09. The van der Waals surface area contributed by atoms with Crippen LogP contribution in [0.25, 0.3) is 0 Å². The van der Waals surface area contributed by atoms with Gasteiger partial charge >= 0.3 is 5.97 Å². The quantitative estimate of drug-likeness (QED) is 0.797. The SMILES string of the molecule is Cc1cccc(C(=O)NCc2nc(C(=O)O)cs2)c1O. The van der Waals surface area contributed by atoms with E-state index >= 15 is 0 Å². The number of aryl methyl sites for hydroxylation is 1. The van der Waals surface area contributed by atoms with Crippen LogP contribution in [0.1, 0.15) is 31.4 Å². The number of carboxylic acid groups (broad SMARTS) is 1. The zero-order chi connectivity index (χ0) is 14.7. The van der Waals surface area contributed by atoms with Crippen LogP contribution in [-0.2, 0) is 6.54 Å². The fourth-order valence-corrected chi connectivity index (χ4v) is 2.29. The van der Waals surface area contributed by atoms with Crippen molar-refractivity contribution in [2.75, 3.05) is 0 Å². The highest BCUT2D eigenvalue weighted by atomic mass is 32.1. The first-order valence-corrected chi connectivity index (χ1v) is 6.61. The molecule has 3 N–H and O–H groups in total. The average Bonchev–Trinajstić information content (AvgIpc) is 2.88. The van der Waals surface area contributed by atoms with Crippen LogP contribution < -0.4 is 5.32 Å². The summed E-state index contributed by atoms with van der Waals surface area (Å²) in [4.78, 5) is 26.5. The summed E-state index contributed by atoms with van der Waals surface area (Å²) in [5.74, 6) is -1.59. The Labute approximate surface area is 118 Å². The molecule has 0 atom stereocenters. The summed E-state index contributed by atoms with van der Waals surface area (Å²) in [5.41, 5.74) is 0.748. The first-order chi connectivity index (χ1) is 9.49. The lowest BCUT2D eigenvalue weighted by molar-refractivity contribution is 0.0691. The molecular formula is C13H12N2O4S. The fourth-order valence-electron chi connectivity index (χ4n) is 1.58. The van der Waals surface area contributed by atoms with Gasteiger partial charge in [-0.2, -0.15) is 0 Å². The number of nitrogens with one attached hydrogen (secondary N) is 1. The lowest BCUT2D eigenvalue weighted by atomic mass is 10.1. The first-order valence-electron chi connectivity index (χ1n) is 5.73. The third kappa shape index (κ3) is 2.94. The van der Waals surface area contributed by atoms with Crippen molar-refractivity contribution in [2.24, 2.45) is 0 Å². The molecule has 20 heavy (non-hydrogen) atoms. The molecule has 1 aromatic carbocycles. The van der Waals surface area contributed by atoms with E-state index in [0.717, 1.165) is 11.3 Å². The predicted octanol–water partition coefficient (Wildman–Crippen LogP) is 1.79. The number of rotatable bonds is 4. The van der Waals surface area contributed by atoms with E-state index in [4.69, 9.17) is 5.11 Å². The zero-order valence-electron chi connectivity index (χ0n) is 10.6. The molecule has 1 heterocycles. The molecule has 0 aliphatic rings. The van der Waals surface area contributed by atoms with Gasteiger partial charge in [0.25, 0.3) is 5.91 Å². The maximum absolute atomic E-state index is 11.9. The molecule has 104 valence electrons. The van der Waals surface area contributed by atoms with E-state index in [9.17, 15) is 14.7 Å². The van der Waals surface area contributed by atoms with Crippen molar-refractivity contribution in [1.29, 1.82) is 0 Å². The molecule has 0 saturated heterocycles. The van der Waals surface area contributed by atoms with Crippen molar-refractivity contribution in [2.45, 2.75) is 13.5 Å². The Kier molecular flexibility index (Phi) is 3.99. The van der Waals surface area contributed by atoms with Gasteiger partial charge in [-0.25, -0.2) is 9.78 Å². The molecule has 7 heteroatoms. The Balaban J connectivity index is 2.05. The number of aromatic carboxylic acids is 1. The van der Waals surface area contributed by atoms with E-state index < -0.39 is 11.9 Å². The van der Waals surface area contributed by atoms with Crippen molar-refractivity contribution in [1.82, 2.24) is 10.3 Å². The van der Waals surface area contributed by atoms with Crippen LogP contribution >= 0.6 is 11.3 Å². The predicted molar refractivity (Wildman–Crippen MR) is 73.1 cm³/mol. The maximum atomic E-state index is 11.9. The zero-order valence-corrected chi connectivity index (χ0v) is 11.4. The molecule has 0 radical (unpaired) electrons. The van der Waals surface area contributed by atoms with Crippen molar-refractivity contribution in [3.05, 3.63) is 45.4 Å². The molecule has 1 aromatic heterocycles. The number of carbonyl (C=O) groups is 2. The number of carbonyl (C=O) groups excluding carboxylic acids is 1. The molecule has 0 aliphatic carbocycles. The van der Waals surface area contributed by atoms with Gasteiger partial charge in [-0.15, -0.1) is 11.3 Å². The summed E-state index contributed by atoms with van der Waals surface area (Å²) in [6.45, 7) is 1.82. The van der Waals surface area contributed by atoms with Crippen LogP contribution in [0.4, 0.5) is 0 Å². The number of phenolic OH excluding ortho intramolecular Hbond substituents is 1. The summed E-state index contributed by atoms with van der Waals surface area (Å²) in [6, 6.07) is 4.89. The number of nitrogens with zero attached hydrogens (tertiary/aromatic N) is 1. The minimum atomic E-state index is -1.10. The average molecular weight is 292 g/mol. The molecule has 0 aliphatic heterocycles. The van der Waals surface area contributed by atoms with Gasteiger partial charge in [-0.1, -0.05) is 12.1 Å². The van der Waals surface area contributed by atoms with Gasteiger partial charge in [0.1, 0.15) is 10.8 Å². The number of aromatic nitrogens is 1. The summed E-state index contributed by atoms with van der Waals surface area (Å²) in [7, 11) is 0. The van der Waals surface area contributed by atoms with E-state index in [1.54, 1.807) is 19.1 Å². The Morgan fingerprint density at radius 2 is 2.15 bits per heavy atom. The summed E-state index contributed by atoms with van der Waals surface area (Å²) >= 11 is 1.15. The van der Waals surface area contributed by atoms with E-state index in [0.29, 0.717) is 10.6 Å². The fraction of sp³-hybridized carbons (Fsp3) is 0.154. The normalized spacial score (nSPS) is 10.2. The highest BCUT2D eigenvalue weighted by Crippen LogP contribution is 2.21. The molecule has 0 fully saturated rings. The molecule has 2 rings (SSSR count). The van der Waals surface area contributed by atoms with Crippen LogP contribution in [0.3, 0.4) is 0 Å². The molecule has 1 amide bonds. The summed E-state index contributed by atoms with van der Waals surface area (Å²) in [5, 5.41) is 23.0. The van der Waals surface area contributed by atoms with E-state index in [-0.39, 0.29) is 23.6 Å². The maximum Gasteiger partial charge on any atom is 0.355 e. The molecule has 0 bridgehead atoms. The molecule has 2 aromatic rings. The second kappa shape index (κ2) is 5.70. The van der Waals surface area contributed by atoms with Crippen LogP contribution in [0.15, 0.2) is 23.6 Å². The second-order valence-corrected chi connectivity index (χ2v) is 5.03. The van der Waals surface area contributed by atoms with Gasteiger partial charge in [0.2, 0.25) is 0 Å². The highest BCUT2D eigenvalue weighted by Gasteiger charge is 2.13. The number of carboxylic acids is 1.